The van der Waals surface area contributed by atoms with Crippen molar-refractivity contribution >= 4 is 6.03 Å². The molecule has 1 unspecified atom stereocenters. The molecule has 0 aliphatic carbocycles. The van der Waals surface area contributed by atoms with E-state index in [1.165, 1.54) is 0 Å². The van der Waals surface area contributed by atoms with Gasteiger partial charge in [0.1, 0.15) is 0 Å². The number of H-pyrrole nitrogens is 1. The van der Waals surface area contributed by atoms with Crippen LogP contribution < -0.4 is 10.9 Å². The van der Waals surface area contributed by atoms with Gasteiger partial charge in [0.15, 0.2) is 0 Å². The summed E-state index contributed by atoms with van der Waals surface area (Å²) in [5, 5.41) is 17.4. The average molecular weight is 373 g/mol. The van der Waals surface area contributed by atoms with E-state index < -0.39 is 0 Å². The zero-order valence-electron chi connectivity index (χ0n) is 15.9. The molecule has 27 heavy (non-hydrogen) atoms. The zero-order chi connectivity index (χ0) is 19.2. The molecule has 0 saturated carbocycles. The van der Waals surface area contributed by atoms with E-state index in [4.69, 9.17) is 0 Å². The number of carbonyl (C=O) groups is 1. The Morgan fingerprint density at radius 1 is 1.33 bits per heavy atom. The molecule has 2 aromatic heterocycles. The Morgan fingerprint density at radius 2 is 2.19 bits per heavy atom. The van der Waals surface area contributed by atoms with Crippen molar-refractivity contribution in [2.75, 3.05) is 13.1 Å². The predicted octanol–water partition coefficient (Wildman–Crippen LogP) is 1.11. The summed E-state index contributed by atoms with van der Waals surface area (Å²) in [7, 11) is 0. The number of likely N-dealkylation sites (tertiary alicyclic amines) is 1. The summed E-state index contributed by atoms with van der Waals surface area (Å²) < 4.78 is 1.81. The molecule has 1 fully saturated rings. The molecule has 2 aromatic rings. The first-order chi connectivity index (χ1) is 13.1. The molecule has 0 radical (unpaired) electrons. The van der Waals surface area contributed by atoms with Gasteiger partial charge in [-0.1, -0.05) is 19.1 Å². The maximum atomic E-state index is 12.6. The van der Waals surface area contributed by atoms with E-state index in [0.29, 0.717) is 18.0 Å². The summed E-state index contributed by atoms with van der Waals surface area (Å²) in [4.78, 5) is 26.7. The molecule has 1 atom stereocenters. The Labute approximate surface area is 158 Å². The van der Waals surface area contributed by atoms with E-state index in [1.807, 2.05) is 29.6 Å². The predicted molar refractivity (Wildman–Crippen MR) is 100 cm³/mol. The van der Waals surface area contributed by atoms with Crippen LogP contribution in [0.2, 0.25) is 0 Å². The van der Waals surface area contributed by atoms with Crippen molar-refractivity contribution in [3.63, 3.8) is 0 Å². The lowest BCUT2D eigenvalue weighted by Gasteiger charge is -2.32. The quantitative estimate of drug-likeness (QED) is 0.788. The van der Waals surface area contributed by atoms with Crippen LogP contribution in [0.25, 0.3) is 0 Å². The van der Waals surface area contributed by atoms with Gasteiger partial charge in [-0.3, -0.25) is 9.48 Å². The number of aromatic amines is 1. The smallest absolute Gasteiger partial charge is 0.317 e. The van der Waals surface area contributed by atoms with Crippen LogP contribution >= 0.6 is 0 Å². The third kappa shape index (κ3) is 4.53. The maximum absolute atomic E-state index is 12.6. The third-order valence-electron chi connectivity index (χ3n) is 5.11. The Hall–Kier alpha value is -2.71. The van der Waals surface area contributed by atoms with Crippen LogP contribution in [-0.2, 0) is 25.9 Å². The fraction of sp³-hybridized carbons (Fsp3) is 0.611. The molecule has 1 saturated heterocycles. The van der Waals surface area contributed by atoms with Crippen LogP contribution in [0.5, 0.6) is 0 Å². The van der Waals surface area contributed by atoms with Gasteiger partial charge in [-0.05, 0) is 37.2 Å². The number of nitrogens with one attached hydrogen (secondary N) is 2. The van der Waals surface area contributed by atoms with Crippen LogP contribution in [0.4, 0.5) is 4.79 Å². The van der Waals surface area contributed by atoms with Crippen LogP contribution in [0, 0.1) is 5.92 Å². The summed E-state index contributed by atoms with van der Waals surface area (Å²) in [6.45, 7) is 6.39. The van der Waals surface area contributed by atoms with Crippen molar-refractivity contribution < 1.29 is 4.79 Å². The molecule has 0 aromatic carbocycles. The second-order valence-electron chi connectivity index (χ2n) is 6.90. The lowest BCUT2D eigenvalue weighted by atomic mass is 9.98. The van der Waals surface area contributed by atoms with Crippen molar-refractivity contribution in [2.45, 2.75) is 52.6 Å². The lowest BCUT2D eigenvalue weighted by Crippen LogP contribution is -2.46. The number of carbonyl (C=O) groups excluding carboxylic acids is 1. The van der Waals surface area contributed by atoms with Crippen LogP contribution in [0.1, 0.15) is 43.5 Å². The summed E-state index contributed by atoms with van der Waals surface area (Å²) in [5.41, 5.74) is 2.19. The number of nitrogens with zero attached hydrogens (tertiary/aromatic N) is 5. The monoisotopic (exact) mass is 373 g/mol. The van der Waals surface area contributed by atoms with Crippen molar-refractivity contribution in [3.05, 3.63) is 39.6 Å². The van der Waals surface area contributed by atoms with Crippen LogP contribution in [0.3, 0.4) is 0 Å². The Kier molecular flexibility index (Phi) is 6.20. The molecule has 3 heterocycles. The number of rotatable bonds is 6. The van der Waals surface area contributed by atoms with Gasteiger partial charge in [0.2, 0.25) is 0 Å². The van der Waals surface area contributed by atoms with Crippen molar-refractivity contribution in [1.29, 1.82) is 0 Å². The normalized spacial score (nSPS) is 17.1. The number of piperidine rings is 1. The van der Waals surface area contributed by atoms with E-state index in [9.17, 15) is 9.59 Å². The van der Waals surface area contributed by atoms with Crippen molar-refractivity contribution in [3.8, 4) is 0 Å². The highest BCUT2D eigenvalue weighted by Crippen LogP contribution is 2.18. The van der Waals surface area contributed by atoms with E-state index >= 15 is 0 Å². The minimum atomic E-state index is -0.230. The van der Waals surface area contributed by atoms with Crippen molar-refractivity contribution in [1.82, 2.24) is 35.4 Å². The number of amides is 2. The average Bonchev–Trinajstić information content (AvgIpc) is 3.19. The molecule has 146 valence electrons. The largest absolute Gasteiger partial charge is 0.334 e. The number of aromatic nitrogens is 5. The SMILES string of the molecule is CCc1n[nH]c(=O)c(CNC(=O)N2CCCC(Cn3ccnn3)C2)c1CC. The Bertz CT molecular complexity index is 816. The number of urea groups is 1. The van der Waals surface area contributed by atoms with E-state index in [0.717, 1.165) is 50.0 Å². The van der Waals surface area contributed by atoms with E-state index in [2.05, 4.69) is 25.8 Å². The van der Waals surface area contributed by atoms with Gasteiger partial charge in [0.25, 0.3) is 5.56 Å². The number of hydrogen-bond donors (Lipinski definition) is 2. The standard InChI is InChI=1S/C18H27N7O2/c1-3-14-15(17(26)22-21-16(14)4-2)10-19-18(27)24-8-5-6-13(11-24)12-25-9-7-20-23-25/h7,9,13H,3-6,8,10-12H2,1-2H3,(H,19,27)(H,22,26). The van der Waals surface area contributed by atoms with Crippen LogP contribution in [-0.4, -0.2) is 49.2 Å². The first kappa shape index (κ1) is 19.1. The molecule has 1 aliphatic rings. The van der Waals surface area contributed by atoms with Gasteiger partial charge >= 0.3 is 6.03 Å². The fourth-order valence-corrected chi connectivity index (χ4v) is 3.73. The molecule has 2 amide bonds. The molecular formula is C18H27N7O2. The highest BCUT2D eigenvalue weighted by molar-refractivity contribution is 5.74. The highest BCUT2D eigenvalue weighted by atomic mass is 16.2. The molecule has 9 heteroatoms. The highest BCUT2D eigenvalue weighted by Gasteiger charge is 2.24. The zero-order valence-corrected chi connectivity index (χ0v) is 15.9. The first-order valence-corrected chi connectivity index (χ1v) is 9.58. The van der Waals surface area contributed by atoms with Gasteiger partial charge in [-0.15, -0.1) is 5.10 Å². The lowest BCUT2D eigenvalue weighted by molar-refractivity contribution is 0.157. The Balaban J connectivity index is 1.61. The first-order valence-electron chi connectivity index (χ1n) is 9.58. The molecule has 0 bridgehead atoms. The van der Waals surface area contributed by atoms with Gasteiger partial charge in [0, 0.05) is 31.4 Å². The third-order valence-corrected chi connectivity index (χ3v) is 5.11. The van der Waals surface area contributed by atoms with Gasteiger partial charge in [-0.25, -0.2) is 9.89 Å². The van der Waals surface area contributed by atoms with Gasteiger partial charge in [0.05, 0.1) is 18.4 Å². The van der Waals surface area contributed by atoms with Gasteiger partial charge in [-0.2, -0.15) is 5.10 Å². The fourth-order valence-electron chi connectivity index (χ4n) is 3.73. The van der Waals surface area contributed by atoms with E-state index in [-0.39, 0.29) is 18.1 Å². The molecule has 3 rings (SSSR count). The minimum Gasteiger partial charge on any atom is -0.334 e. The summed E-state index contributed by atoms with van der Waals surface area (Å²) in [6.07, 6.45) is 6.99. The number of aryl methyl sites for hydroxylation is 1. The maximum Gasteiger partial charge on any atom is 0.317 e. The molecule has 9 nitrogen and oxygen atoms in total. The second kappa shape index (κ2) is 8.79. The van der Waals surface area contributed by atoms with Crippen molar-refractivity contribution in [2.24, 2.45) is 5.92 Å². The summed E-state index contributed by atoms with van der Waals surface area (Å²) >= 11 is 0. The Morgan fingerprint density at radius 3 is 2.89 bits per heavy atom. The van der Waals surface area contributed by atoms with E-state index in [1.54, 1.807) is 6.20 Å². The second-order valence-corrected chi connectivity index (χ2v) is 6.90. The molecule has 0 spiro atoms. The van der Waals surface area contributed by atoms with Gasteiger partial charge < -0.3 is 10.2 Å². The minimum absolute atomic E-state index is 0.130. The molecule has 1 aliphatic heterocycles. The number of hydrogen-bond acceptors (Lipinski definition) is 5. The summed E-state index contributed by atoms with van der Waals surface area (Å²) in [5.74, 6) is 0.355. The topological polar surface area (TPSA) is 109 Å². The molecule has 2 N–H and O–H groups in total. The molecular weight excluding hydrogens is 346 g/mol. The summed E-state index contributed by atoms with van der Waals surface area (Å²) in [6, 6.07) is -0.130. The van der Waals surface area contributed by atoms with Crippen LogP contribution in [0.15, 0.2) is 17.2 Å².